The molecule has 8 heteroatoms. The summed E-state index contributed by atoms with van der Waals surface area (Å²) in [6.45, 7) is 14.0. The molecule has 0 radical (unpaired) electrons. The zero-order valence-electron chi connectivity index (χ0n) is 12.9. The minimum absolute atomic E-state index is 0.0463. The van der Waals surface area contributed by atoms with Gasteiger partial charge in [0.25, 0.3) is 0 Å². The highest BCUT2D eigenvalue weighted by Crippen LogP contribution is 2.05. The van der Waals surface area contributed by atoms with Gasteiger partial charge in [0.1, 0.15) is 0 Å². The van der Waals surface area contributed by atoms with Crippen molar-refractivity contribution in [3.05, 3.63) is 49.6 Å². The summed E-state index contributed by atoms with van der Waals surface area (Å²) in [6.07, 6.45) is 2.40. The molecular formula is C15H22N4O4. The third-order valence-corrected chi connectivity index (χ3v) is 2.22. The van der Waals surface area contributed by atoms with E-state index < -0.39 is 11.8 Å². The summed E-state index contributed by atoms with van der Waals surface area (Å²) in [4.78, 5) is 41.9. The predicted octanol–water partition coefficient (Wildman–Crippen LogP) is -0.950. The SMILES string of the molecule is C=C(CC(=C)C(N)=O)C(N)=O.C=CC(=O)NCCNC(=O)C=C. The fourth-order valence-electron chi connectivity index (χ4n) is 0.948. The van der Waals surface area contributed by atoms with Gasteiger partial charge in [0.05, 0.1) is 0 Å². The van der Waals surface area contributed by atoms with Gasteiger partial charge in [-0.15, -0.1) is 0 Å². The normalized spacial score (nSPS) is 8.52. The molecule has 0 aromatic carbocycles. The zero-order chi connectivity index (χ0) is 18.4. The number of primary amides is 2. The van der Waals surface area contributed by atoms with Crippen LogP contribution in [0.4, 0.5) is 0 Å². The second-order valence-corrected chi connectivity index (χ2v) is 4.10. The molecule has 0 aliphatic heterocycles. The van der Waals surface area contributed by atoms with Gasteiger partial charge < -0.3 is 22.1 Å². The molecule has 0 atom stereocenters. The standard InChI is InChI=1S/C8H12N2O2.C7H10N2O2/c1-3-7(11)9-5-6-10-8(12)4-2;1-4(6(8)10)3-5(2)7(9)11/h3-4H,1-2,5-6H2,(H,9,11)(H,10,12);1-3H2,(H2,8,10)(H2,9,11). The number of amides is 4. The molecule has 0 saturated carbocycles. The van der Waals surface area contributed by atoms with Crippen molar-refractivity contribution in [1.82, 2.24) is 10.6 Å². The molecule has 0 aromatic rings. The lowest BCUT2D eigenvalue weighted by Crippen LogP contribution is -2.32. The van der Waals surface area contributed by atoms with Gasteiger partial charge in [-0.1, -0.05) is 26.3 Å². The third-order valence-electron chi connectivity index (χ3n) is 2.22. The number of hydrogen-bond donors (Lipinski definition) is 4. The van der Waals surface area contributed by atoms with E-state index in [-0.39, 0.29) is 29.4 Å². The van der Waals surface area contributed by atoms with Gasteiger partial charge in [-0.25, -0.2) is 0 Å². The lowest BCUT2D eigenvalue weighted by atomic mass is 10.1. The lowest BCUT2D eigenvalue weighted by molar-refractivity contribution is -0.118. The average Bonchev–Trinajstić information content (AvgIpc) is 2.51. The molecule has 23 heavy (non-hydrogen) atoms. The number of nitrogens with one attached hydrogen (secondary N) is 2. The number of carbonyl (C=O) groups is 4. The van der Waals surface area contributed by atoms with Crippen LogP contribution in [0.2, 0.25) is 0 Å². The highest BCUT2D eigenvalue weighted by atomic mass is 16.2. The molecule has 0 bridgehead atoms. The van der Waals surface area contributed by atoms with Crippen molar-refractivity contribution >= 4 is 23.6 Å². The van der Waals surface area contributed by atoms with E-state index in [9.17, 15) is 19.2 Å². The van der Waals surface area contributed by atoms with Crippen LogP contribution in [-0.4, -0.2) is 36.7 Å². The smallest absolute Gasteiger partial charge is 0.244 e. The van der Waals surface area contributed by atoms with Gasteiger partial charge in [-0.2, -0.15) is 0 Å². The Balaban J connectivity index is 0. The molecule has 126 valence electrons. The molecule has 0 spiro atoms. The van der Waals surface area contributed by atoms with E-state index >= 15 is 0 Å². The van der Waals surface area contributed by atoms with Crippen molar-refractivity contribution in [2.75, 3.05) is 13.1 Å². The van der Waals surface area contributed by atoms with E-state index in [4.69, 9.17) is 11.5 Å². The molecule has 0 aliphatic rings. The van der Waals surface area contributed by atoms with Crippen molar-refractivity contribution in [2.24, 2.45) is 11.5 Å². The van der Waals surface area contributed by atoms with Crippen LogP contribution in [0.3, 0.4) is 0 Å². The number of nitrogens with two attached hydrogens (primary N) is 2. The lowest BCUT2D eigenvalue weighted by Gasteiger charge is -2.01. The predicted molar refractivity (Wildman–Crippen MR) is 87.7 cm³/mol. The van der Waals surface area contributed by atoms with Gasteiger partial charge in [0, 0.05) is 30.7 Å². The summed E-state index contributed by atoms with van der Waals surface area (Å²) in [7, 11) is 0. The molecule has 0 aliphatic carbocycles. The molecule has 0 heterocycles. The van der Waals surface area contributed by atoms with E-state index in [1.54, 1.807) is 0 Å². The highest BCUT2D eigenvalue weighted by Gasteiger charge is 2.07. The average molecular weight is 322 g/mol. The van der Waals surface area contributed by atoms with Crippen LogP contribution in [0.25, 0.3) is 0 Å². The van der Waals surface area contributed by atoms with Gasteiger partial charge in [-0.05, 0) is 12.2 Å². The summed E-state index contributed by atoms with van der Waals surface area (Å²) in [5.41, 5.74) is 9.97. The second kappa shape index (κ2) is 12.6. The molecule has 0 unspecified atom stereocenters. The van der Waals surface area contributed by atoms with E-state index in [1.807, 2.05) is 0 Å². The van der Waals surface area contributed by atoms with Crippen molar-refractivity contribution in [2.45, 2.75) is 6.42 Å². The maximum atomic E-state index is 10.6. The van der Waals surface area contributed by atoms with Crippen LogP contribution in [0.5, 0.6) is 0 Å². The fourth-order valence-corrected chi connectivity index (χ4v) is 0.948. The Bertz CT molecular complexity index is 478. The highest BCUT2D eigenvalue weighted by molar-refractivity contribution is 5.97. The minimum atomic E-state index is -0.646. The maximum Gasteiger partial charge on any atom is 0.244 e. The summed E-state index contributed by atoms with van der Waals surface area (Å²) >= 11 is 0. The van der Waals surface area contributed by atoms with Crippen LogP contribution in [0.15, 0.2) is 49.6 Å². The van der Waals surface area contributed by atoms with E-state index in [2.05, 4.69) is 36.9 Å². The fraction of sp³-hybridized carbons (Fsp3) is 0.200. The zero-order valence-corrected chi connectivity index (χ0v) is 12.9. The largest absolute Gasteiger partial charge is 0.366 e. The Morgan fingerprint density at radius 3 is 1.30 bits per heavy atom. The van der Waals surface area contributed by atoms with Crippen LogP contribution in [0.1, 0.15) is 6.42 Å². The Hall–Kier alpha value is -3.16. The quantitative estimate of drug-likeness (QED) is 0.320. The number of carbonyl (C=O) groups excluding carboxylic acids is 4. The molecular weight excluding hydrogens is 300 g/mol. The Morgan fingerprint density at radius 2 is 1.09 bits per heavy atom. The van der Waals surface area contributed by atoms with E-state index in [0.717, 1.165) is 0 Å². The first-order chi connectivity index (χ1) is 10.6. The van der Waals surface area contributed by atoms with Crippen molar-refractivity contribution in [3.8, 4) is 0 Å². The minimum Gasteiger partial charge on any atom is -0.366 e. The monoisotopic (exact) mass is 322 g/mol. The molecule has 8 nitrogen and oxygen atoms in total. The molecule has 0 fully saturated rings. The molecule has 4 amide bonds. The third kappa shape index (κ3) is 13.6. The van der Waals surface area contributed by atoms with Gasteiger partial charge in [0.2, 0.25) is 23.6 Å². The molecule has 0 saturated heterocycles. The summed E-state index contributed by atoms with van der Waals surface area (Å²) in [5.74, 6) is -1.79. The first kappa shape index (κ1) is 22.1. The van der Waals surface area contributed by atoms with Crippen LogP contribution >= 0.6 is 0 Å². The second-order valence-electron chi connectivity index (χ2n) is 4.10. The molecule has 6 N–H and O–H groups in total. The van der Waals surface area contributed by atoms with Crippen LogP contribution < -0.4 is 22.1 Å². The van der Waals surface area contributed by atoms with Crippen LogP contribution in [0, 0.1) is 0 Å². The first-order valence-corrected chi connectivity index (χ1v) is 6.41. The number of hydrogen-bond acceptors (Lipinski definition) is 4. The van der Waals surface area contributed by atoms with Crippen molar-refractivity contribution < 1.29 is 19.2 Å². The van der Waals surface area contributed by atoms with Gasteiger partial charge in [-0.3, -0.25) is 19.2 Å². The Morgan fingerprint density at radius 1 is 0.783 bits per heavy atom. The molecule has 0 aromatic heterocycles. The summed E-state index contributed by atoms with van der Waals surface area (Å²) in [6, 6.07) is 0. The van der Waals surface area contributed by atoms with Crippen molar-refractivity contribution in [3.63, 3.8) is 0 Å². The molecule has 0 rings (SSSR count). The topological polar surface area (TPSA) is 144 Å². The number of rotatable bonds is 9. The van der Waals surface area contributed by atoms with E-state index in [0.29, 0.717) is 13.1 Å². The first-order valence-electron chi connectivity index (χ1n) is 6.41. The van der Waals surface area contributed by atoms with Crippen LogP contribution in [-0.2, 0) is 19.2 Å². The summed E-state index contributed by atoms with van der Waals surface area (Å²) < 4.78 is 0. The Kier molecular flexibility index (Phi) is 12.1. The van der Waals surface area contributed by atoms with Gasteiger partial charge >= 0.3 is 0 Å². The summed E-state index contributed by atoms with van der Waals surface area (Å²) in [5, 5.41) is 5.01. The van der Waals surface area contributed by atoms with Crippen molar-refractivity contribution in [1.29, 1.82) is 0 Å². The Labute approximate surface area is 135 Å². The maximum absolute atomic E-state index is 10.6. The van der Waals surface area contributed by atoms with E-state index in [1.165, 1.54) is 12.2 Å². The van der Waals surface area contributed by atoms with Gasteiger partial charge in [0.15, 0.2) is 0 Å².